The molecule has 0 heterocycles. The van der Waals surface area contributed by atoms with Gasteiger partial charge in [0.25, 0.3) is 0 Å². The van der Waals surface area contributed by atoms with Gasteiger partial charge >= 0.3 is 0 Å². The molecule has 1 aliphatic carbocycles. The fourth-order valence-corrected chi connectivity index (χ4v) is 2.66. The predicted molar refractivity (Wildman–Crippen MR) is 62.3 cm³/mol. The van der Waals surface area contributed by atoms with Gasteiger partial charge in [0, 0.05) is 10.0 Å². The number of rotatable bonds is 0. The molecule has 0 saturated heterocycles. The molecule has 2 nitrogen and oxygen atoms in total. The van der Waals surface area contributed by atoms with E-state index in [2.05, 4.69) is 0 Å². The lowest BCUT2D eigenvalue weighted by Crippen LogP contribution is -2.25. The van der Waals surface area contributed by atoms with Crippen molar-refractivity contribution in [1.29, 1.82) is 0 Å². The van der Waals surface area contributed by atoms with Crippen molar-refractivity contribution in [2.45, 2.75) is 31.4 Å². The van der Waals surface area contributed by atoms with Crippen molar-refractivity contribution in [3.8, 4) is 0 Å². The number of hydrogen-bond acceptors (Lipinski definition) is 2. The zero-order chi connectivity index (χ0) is 11.0. The zero-order valence-corrected chi connectivity index (χ0v) is 9.72. The van der Waals surface area contributed by atoms with E-state index in [9.17, 15) is 5.11 Å². The highest BCUT2D eigenvalue weighted by molar-refractivity contribution is 6.35. The number of fused-ring (bicyclic) bond motifs is 1. The Labute approximate surface area is 99.0 Å². The molecular weight excluding hydrogens is 233 g/mol. The van der Waals surface area contributed by atoms with Crippen LogP contribution in [0.5, 0.6) is 0 Å². The molecule has 0 saturated carbocycles. The van der Waals surface area contributed by atoms with Gasteiger partial charge in [0.05, 0.1) is 12.1 Å². The Kier molecular flexibility index (Phi) is 3.21. The fourth-order valence-electron chi connectivity index (χ4n) is 2.06. The van der Waals surface area contributed by atoms with E-state index >= 15 is 0 Å². The van der Waals surface area contributed by atoms with Crippen molar-refractivity contribution in [2.24, 2.45) is 5.73 Å². The summed E-state index contributed by atoms with van der Waals surface area (Å²) in [6.07, 6.45) is 1.98. The van der Waals surface area contributed by atoms with Crippen molar-refractivity contribution >= 4 is 23.2 Å². The Hall–Kier alpha value is -0.280. The summed E-state index contributed by atoms with van der Waals surface area (Å²) in [5.74, 6) is 0. The summed E-state index contributed by atoms with van der Waals surface area (Å²) in [6, 6.07) is 3.16. The van der Waals surface area contributed by atoms with Crippen LogP contribution in [0.2, 0.25) is 10.0 Å². The molecule has 1 aliphatic rings. The van der Waals surface area contributed by atoms with Crippen LogP contribution < -0.4 is 5.73 Å². The highest BCUT2D eigenvalue weighted by Gasteiger charge is 2.24. The molecule has 2 rings (SSSR count). The number of nitrogens with two attached hydrogens (primary N) is 1. The Bertz CT molecular complexity index is 381. The summed E-state index contributed by atoms with van der Waals surface area (Å²) in [4.78, 5) is 0. The number of hydrogen-bond donors (Lipinski definition) is 2. The van der Waals surface area contributed by atoms with Gasteiger partial charge in [-0.2, -0.15) is 0 Å². The molecule has 1 aromatic rings. The minimum absolute atomic E-state index is 0.376. The second kappa shape index (κ2) is 4.30. The molecule has 2 atom stereocenters. The van der Waals surface area contributed by atoms with E-state index in [-0.39, 0.29) is 6.04 Å². The molecule has 15 heavy (non-hydrogen) atoms. The molecule has 1 aromatic carbocycles. The number of aliphatic hydroxyl groups excluding tert-OH is 1. The van der Waals surface area contributed by atoms with Crippen LogP contribution in [0.25, 0.3) is 0 Å². The minimum Gasteiger partial charge on any atom is -0.391 e. The Balaban J connectivity index is 2.53. The summed E-state index contributed by atoms with van der Waals surface area (Å²) in [6.45, 7) is 0. The first-order valence-corrected chi connectivity index (χ1v) is 5.76. The molecule has 82 valence electrons. The molecule has 3 N–H and O–H groups in total. The van der Waals surface area contributed by atoms with Gasteiger partial charge in [-0.3, -0.25) is 0 Å². The molecule has 0 bridgehead atoms. The van der Waals surface area contributed by atoms with Crippen molar-refractivity contribution in [2.75, 3.05) is 0 Å². The maximum atomic E-state index is 9.78. The van der Waals surface area contributed by atoms with Crippen LogP contribution in [-0.4, -0.2) is 11.2 Å². The average Bonchev–Trinajstić information content (AvgIpc) is 2.30. The van der Waals surface area contributed by atoms with E-state index in [1.54, 1.807) is 6.07 Å². The lowest BCUT2D eigenvalue weighted by Gasteiger charge is -2.18. The first-order chi connectivity index (χ1) is 7.09. The predicted octanol–water partition coefficient (Wildman–Crippen LogP) is 2.69. The highest BCUT2D eigenvalue weighted by Crippen LogP contribution is 2.34. The molecule has 0 amide bonds. The molecular formula is C11H13Cl2NO. The SMILES string of the molecule is N[C@H]1c2cc(Cl)cc(Cl)c2CCC[C@@H]1O. The molecule has 0 aliphatic heterocycles. The standard InChI is InChI=1S/C11H13Cl2NO/c12-6-4-8-7(9(13)5-6)2-1-3-10(15)11(8)14/h4-5,10-11,15H,1-3,14H2/t10-,11-/m0/s1. The largest absolute Gasteiger partial charge is 0.391 e. The third-order valence-corrected chi connectivity index (χ3v) is 3.45. The summed E-state index contributed by atoms with van der Waals surface area (Å²) >= 11 is 12.0. The van der Waals surface area contributed by atoms with Gasteiger partial charge in [0.1, 0.15) is 0 Å². The quantitative estimate of drug-likeness (QED) is 0.691. The summed E-state index contributed by atoms with van der Waals surface area (Å²) < 4.78 is 0. The van der Waals surface area contributed by atoms with Crippen molar-refractivity contribution in [3.05, 3.63) is 33.3 Å². The van der Waals surface area contributed by atoms with E-state index in [0.29, 0.717) is 16.5 Å². The molecule has 0 spiro atoms. The van der Waals surface area contributed by atoms with Gasteiger partial charge in [-0.05, 0) is 42.5 Å². The normalized spacial score (nSPS) is 25.9. The third-order valence-electron chi connectivity index (χ3n) is 2.90. The number of halogens is 2. The molecule has 0 fully saturated rings. The van der Waals surface area contributed by atoms with E-state index < -0.39 is 6.10 Å². The molecule has 0 radical (unpaired) electrons. The summed E-state index contributed by atoms with van der Waals surface area (Å²) in [5, 5.41) is 11.0. The van der Waals surface area contributed by atoms with Gasteiger partial charge in [-0.1, -0.05) is 23.2 Å². The Morgan fingerprint density at radius 1 is 1.33 bits per heavy atom. The Morgan fingerprint density at radius 2 is 2.07 bits per heavy atom. The topological polar surface area (TPSA) is 46.2 Å². The lowest BCUT2D eigenvalue weighted by molar-refractivity contribution is 0.136. The lowest BCUT2D eigenvalue weighted by atomic mass is 9.98. The van der Waals surface area contributed by atoms with Gasteiger partial charge in [0.2, 0.25) is 0 Å². The fraction of sp³-hybridized carbons (Fsp3) is 0.455. The maximum absolute atomic E-state index is 9.78. The van der Waals surface area contributed by atoms with Crippen molar-refractivity contribution < 1.29 is 5.11 Å². The molecule has 0 unspecified atom stereocenters. The highest BCUT2D eigenvalue weighted by atomic mass is 35.5. The first-order valence-electron chi connectivity index (χ1n) is 5.01. The third kappa shape index (κ3) is 2.13. The van der Waals surface area contributed by atoms with Crippen LogP contribution in [0.3, 0.4) is 0 Å². The van der Waals surface area contributed by atoms with Gasteiger partial charge in [0.15, 0.2) is 0 Å². The smallest absolute Gasteiger partial charge is 0.0733 e. The van der Waals surface area contributed by atoms with Crippen molar-refractivity contribution in [1.82, 2.24) is 0 Å². The molecule has 4 heteroatoms. The monoisotopic (exact) mass is 245 g/mol. The number of aliphatic hydroxyl groups is 1. The second-order valence-electron chi connectivity index (χ2n) is 3.94. The molecule has 0 aromatic heterocycles. The van der Waals surface area contributed by atoms with Crippen LogP contribution in [0.1, 0.15) is 30.0 Å². The van der Waals surface area contributed by atoms with Gasteiger partial charge in [-0.25, -0.2) is 0 Å². The number of benzene rings is 1. The first kappa shape index (κ1) is 11.2. The summed E-state index contributed by atoms with van der Waals surface area (Å²) in [7, 11) is 0. The van der Waals surface area contributed by atoms with Crippen molar-refractivity contribution in [3.63, 3.8) is 0 Å². The van der Waals surface area contributed by atoms with E-state index in [1.165, 1.54) is 0 Å². The van der Waals surface area contributed by atoms with Crippen LogP contribution in [0, 0.1) is 0 Å². The summed E-state index contributed by atoms with van der Waals surface area (Å²) in [5.41, 5.74) is 7.88. The van der Waals surface area contributed by atoms with E-state index in [0.717, 1.165) is 24.0 Å². The Morgan fingerprint density at radius 3 is 2.80 bits per heavy atom. The maximum Gasteiger partial charge on any atom is 0.0733 e. The average molecular weight is 246 g/mol. The van der Waals surface area contributed by atoms with Gasteiger partial charge < -0.3 is 10.8 Å². The van der Waals surface area contributed by atoms with Gasteiger partial charge in [-0.15, -0.1) is 0 Å². The minimum atomic E-state index is -0.499. The van der Waals surface area contributed by atoms with E-state index in [4.69, 9.17) is 28.9 Å². The van der Waals surface area contributed by atoms with Crippen LogP contribution >= 0.6 is 23.2 Å². The van der Waals surface area contributed by atoms with Crippen LogP contribution in [0.15, 0.2) is 12.1 Å². The van der Waals surface area contributed by atoms with E-state index in [1.807, 2.05) is 6.07 Å². The van der Waals surface area contributed by atoms with Crippen LogP contribution in [0.4, 0.5) is 0 Å². The zero-order valence-electron chi connectivity index (χ0n) is 8.21. The second-order valence-corrected chi connectivity index (χ2v) is 4.78. The van der Waals surface area contributed by atoms with Crippen LogP contribution in [-0.2, 0) is 6.42 Å².